The predicted octanol–water partition coefficient (Wildman–Crippen LogP) is 9.19. The van der Waals surface area contributed by atoms with Crippen molar-refractivity contribution in [3.63, 3.8) is 0 Å². The van der Waals surface area contributed by atoms with E-state index in [0.29, 0.717) is 87.3 Å². The number of urea groups is 1. The van der Waals surface area contributed by atoms with E-state index in [1.165, 1.54) is 34.6 Å². The van der Waals surface area contributed by atoms with Crippen LogP contribution in [0.25, 0.3) is 43.4 Å². The molecule has 1 aliphatic heterocycles. The van der Waals surface area contributed by atoms with Crippen LogP contribution in [0.2, 0.25) is 0 Å². The molecule has 5 heterocycles. The predicted molar refractivity (Wildman–Crippen MR) is 384 cm³/mol. The van der Waals surface area contributed by atoms with E-state index in [-0.39, 0.29) is 91.8 Å². The van der Waals surface area contributed by atoms with E-state index in [1.54, 1.807) is 68.7 Å². The molecule has 7 aromatic rings. The Kier molecular flexibility index (Phi) is 22.2. The second-order valence-electron chi connectivity index (χ2n) is 28.7. The van der Waals surface area contributed by atoms with Crippen LogP contribution in [-0.2, 0) is 56.7 Å². The molecule has 0 spiro atoms. The molecule has 4 aromatic heterocycles. The number of aromatic carboxylic acids is 1. The Morgan fingerprint density at radius 2 is 1.53 bits per heavy atom. The third-order valence-electron chi connectivity index (χ3n) is 19.7. The number of nitrogens with one attached hydrogen (secondary N) is 5. The number of carboxylic acids is 1. The van der Waals surface area contributed by atoms with E-state index < -0.39 is 81.8 Å². The molecule has 28 nitrogen and oxygen atoms in total. The van der Waals surface area contributed by atoms with Gasteiger partial charge in [0.05, 0.1) is 45.6 Å². The number of aromatic nitrogens is 5. The first-order chi connectivity index (χ1) is 49.0. The lowest BCUT2D eigenvalue weighted by Gasteiger charge is -2.69. The summed E-state index contributed by atoms with van der Waals surface area (Å²) in [6, 6.07) is 19.9. The molecule has 12 rings (SSSR count). The molecule has 30 heteroatoms. The number of imide groups is 1. The summed E-state index contributed by atoms with van der Waals surface area (Å²) in [5.41, 5.74) is 8.52. The van der Waals surface area contributed by atoms with Crippen molar-refractivity contribution in [2.75, 3.05) is 49.2 Å². The lowest BCUT2D eigenvalue weighted by molar-refractivity contribution is -0.248. The maximum Gasteiger partial charge on any atom is 0.410 e. The number of benzene rings is 3. The number of hydrogen-bond donors (Lipinski definition) is 8. The Balaban J connectivity index is 0.707. The number of amides is 9. The summed E-state index contributed by atoms with van der Waals surface area (Å²) in [5.74, 6) is -5.15. The molecule has 4 fully saturated rings. The zero-order valence-electron chi connectivity index (χ0n) is 58.0. The highest BCUT2D eigenvalue weighted by molar-refractivity contribution is 7.85. The summed E-state index contributed by atoms with van der Waals surface area (Å²) in [6.45, 7) is 10.1. The number of nitrogens with two attached hydrogens (primary N) is 1. The lowest BCUT2D eigenvalue weighted by atomic mass is 9.39. The van der Waals surface area contributed by atoms with Gasteiger partial charge < -0.3 is 46.5 Å². The van der Waals surface area contributed by atoms with Crippen molar-refractivity contribution in [2.45, 2.75) is 143 Å². The van der Waals surface area contributed by atoms with E-state index in [0.717, 1.165) is 52.9 Å². The van der Waals surface area contributed by atoms with Crippen molar-refractivity contribution in [3.05, 3.63) is 132 Å². The van der Waals surface area contributed by atoms with Gasteiger partial charge in [-0.2, -0.15) is 13.5 Å². The molecule has 0 saturated heterocycles. The third kappa shape index (κ3) is 18.1. The van der Waals surface area contributed by atoms with Gasteiger partial charge in [-0.05, 0) is 147 Å². The molecular weight excluding hydrogens is 1360 g/mol. The number of primary amides is 1. The zero-order chi connectivity index (χ0) is 73.6. The number of unbranched alkanes of at least 4 members (excludes halogenated alkanes) is 2. The molecule has 4 atom stereocenters. The second-order valence-corrected chi connectivity index (χ2v) is 31.3. The topological polar surface area (TPSA) is 396 Å². The van der Waals surface area contributed by atoms with Gasteiger partial charge in [0.1, 0.15) is 18.7 Å². The average Bonchev–Trinajstić information content (AvgIpc) is 0.895. The van der Waals surface area contributed by atoms with Crippen molar-refractivity contribution in [3.8, 4) is 22.4 Å². The van der Waals surface area contributed by atoms with Crippen LogP contribution in [0.5, 0.6) is 0 Å². The van der Waals surface area contributed by atoms with Crippen LogP contribution >= 0.6 is 11.3 Å². The van der Waals surface area contributed by atoms with Crippen molar-refractivity contribution in [1.29, 1.82) is 0 Å². The van der Waals surface area contributed by atoms with Gasteiger partial charge >= 0.3 is 18.1 Å². The molecule has 9 amide bonds. The monoisotopic (exact) mass is 1450 g/mol. The Morgan fingerprint density at radius 1 is 0.796 bits per heavy atom. The van der Waals surface area contributed by atoms with E-state index in [1.807, 2.05) is 48.0 Å². The van der Waals surface area contributed by atoms with Crippen LogP contribution in [0.1, 0.15) is 137 Å². The summed E-state index contributed by atoms with van der Waals surface area (Å²) in [4.78, 5) is 133. The van der Waals surface area contributed by atoms with Crippen molar-refractivity contribution >= 4 is 107 Å². The zero-order valence-corrected chi connectivity index (χ0v) is 59.6. The Labute approximate surface area is 599 Å². The number of rotatable bonds is 32. The number of carbonyl (C=O) groups excluding carboxylic acids is 8. The molecule has 4 bridgehead atoms. The van der Waals surface area contributed by atoms with Gasteiger partial charge in [0.15, 0.2) is 10.8 Å². The maximum atomic E-state index is 13.9. The standard InChI is InChI=1S/C73H85N13O15S2/c1-44(2)61(82-58(87)15-7-6-10-27-85-59(88)24-25-60(85)89)65(92)80-56(13-11-26-76-67(74)95)64(91)78-49-20-16-46(17-21-49)36-100-69(96)84(29-31-103(97,98)99)28-30-101-73-40-70(4)37-71(5,41-73)39-72(38-70,42-73)43-86-45(3)52(35-77-86)50-22-23-54(79-62(50)66(93)94)47-18-19-48-33-75-34-53(51(48)32-47)63(90)83-68-81-55-12-8-9-14-57(55)102-68/h8-9,12,14,16-25,32-35,44,56,61H,6-7,10-11,13,15,26-31,36-43H2,1-5H3,(H,78,91)(H,80,92)(H,82,87)(H,93,94)(H3,74,76,95)(H,81,83,90)(H,97,98,99)/t56-,61?,70?,71?,72?,73?/m0/s1. The number of nitrogens with zero attached hydrogens (tertiary/aromatic N) is 7. The third-order valence-corrected chi connectivity index (χ3v) is 21.4. The largest absolute Gasteiger partial charge is 0.476 e. The van der Waals surface area contributed by atoms with Gasteiger partial charge in [0.25, 0.3) is 27.8 Å². The molecule has 4 saturated carbocycles. The molecular formula is C73H85N13O15S2. The molecule has 5 aliphatic rings. The van der Waals surface area contributed by atoms with Crippen LogP contribution in [0.4, 0.5) is 20.4 Å². The molecule has 3 aromatic carbocycles. The first-order valence-corrected chi connectivity index (χ1v) is 36.8. The summed E-state index contributed by atoms with van der Waals surface area (Å²) < 4.78 is 49.6. The number of carbonyl (C=O) groups is 9. The fraction of sp³-hybridized carbons (Fsp3) is 0.438. The Morgan fingerprint density at radius 3 is 2.23 bits per heavy atom. The lowest BCUT2D eigenvalue weighted by Crippen LogP contribution is -2.64. The van der Waals surface area contributed by atoms with Crippen molar-refractivity contribution < 1.29 is 70.7 Å². The summed E-state index contributed by atoms with van der Waals surface area (Å²) >= 11 is 1.36. The van der Waals surface area contributed by atoms with Crippen LogP contribution in [0.3, 0.4) is 0 Å². The smallest absolute Gasteiger partial charge is 0.410 e. The van der Waals surface area contributed by atoms with Gasteiger partial charge in [-0.3, -0.25) is 53.2 Å². The van der Waals surface area contributed by atoms with Gasteiger partial charge in [-0.25, -0.2) is 24.4 Å². The summed E-state index contributed by atoms with van der Waals surface area (Å²) in [7, 11) is -4.52. The minimum Gasteiger partial charge on any atom is -0.476 e. The van der Waals surface area contributed by atoms with E-state index in [4.69, 9.17) is 25.3 Å². The fourth-order valence-corrected chi connectivity index (χ4v) is 17.5. The number of fused-ring (bicyclic) bond motifs is 2. The number of anilines is 2. The molecule has 9 N–H and O–H groups in total. The highest BCUT2D eigenvalue weighted by Crippen LogP contribution is 2.72. The minimum absolute atomic E-state index is 0.0195. The molecule has 544 valence electrons. The highest BCUT2D eigenvalue weighted by Gasteiger charge is 2.66. The van der Waals surface area contributed by atoms with Gasteiger partial charge in [0, 0.05) is 97.1 Å². The first-order valence-electron chi connectivity index (χ1n) is 34.4. The van der Waals surface area contributed by atoms with Gasteiger partial charge in [0.2, 0.25) is 17.7 Å². The van der Waals surface area contributed by atoms with Gasteiger partial charge in [-0.1, -0.05) is 81.9 Å². The number of para-hydroxylation sites is 1. The number of hydrogen-bond acceptors (Lipinski definition) is 18. The van der Waals surface area contributed by atoms with Crippen LogP contribution in [0, 0.1) is 29.1 Å². The number of ether oxygens (including phenoxy) is 2. The Hall–Kier alpha value is -10.0. The van der Waals surface area contributed by atoms with E-state index in [9.17, 15) is 61.2 Å². The number of thiazole rings is 1. The van der Waals surface area contributed by atoms with E-state index in [2.05, 4.69) is 50.4 Å². The molecule has 103 heavy (non-hydrogen) atoms. The quantitative estimate of drug-likeness (QED) is 0.0111. The highest BCUT2D eigenvalue weighted by atomic mass is 32.2. The minimum atomic E-state index is -4.52. The van der Waals surface area contributed by atoms with Crippen molar-refractivity contribution in [2.24, 2.45) is 27.9 Å². The van der Waals surface area contributed by atoms with Gasteiger partial charge in [-0.15, -0.1) is 0 Å². The van der Waals surface area contributed by atoms with Crippen LogP contribution < -0.4 is 32.3 Å². The number of carboxylic acid groups (broad SMARTS) is 1. The molecule has 3 unspecified atom stereocenters. The number of pyridine rings is 2. The fourth-order valence-electron chi connectivity index (χ4n) is 16.2. The molecule has 4 aliphatic carbocycles. The van der Waals surface area contributed by atoms with E-state index >= 15 is 0 Å². The van der Waals surface area contributed by atoms with Crippen LogP contribution in [0.15, 0.2) is 110 Å². The normalized spacial score (nSPS) is 20.3. The maximum absolute atomic E-state index is 13.9. The van der Waals surface area contributed by atoms with Crippen molar-refractivity contribution in [1.82, 2.24) is 50.5 Å². The average molecular weight is 1450 g/mol. The summed E-state index contributed by atoms with van der Waals surface area (Å²) in [5, 5.41) is 31.1. The first kappa shape index (κ1) is 74.2. The second kappa shape index (κ2) is 30.9. The summed E-state index contributed by atoms with van der Waals surface area (Å²) in [6.07, 6.45) is 13.2. The molecule has 0 radical (unpaired) electrons. The Bertz CT molecular complexity index is 4530. The SMILES string of the molecule is Cc1c(-c2ccc(-c3ccc4cncc(C(=O)Nc5nc6ccccc6s5)c4c3)nc2C(=O)O)cnn1CC12CC3(C)CC(C)(C1)CC(OCCN(CCS(=O)(=O)O)C(=O)OCc1ccc(NC(=O)[C@H](CCCNC(N)=O)NC(=O)C(NC(=O)CCCCCN4C(=O)C=CC4=O)C(C)C)cc1)(C3)C2. The van der Waals surface area contributed by atoms with Crippen LogP contribution in [-0.4, -0.2) is 162 Å².